The van der Waals surface area contributed by atoms with Gasteiger partial charge in [-0.2, -0.15) is 10.4 Å². The van der Waals surface area contributed by atoms with Gasteiger partial charge in [-0.05, 0) is 53.8 Å². The number of phenols is 1. The SMILES string of the molecule is N#CCCN(CCc1ccc(C=NNC(=O)c2ccc(O)c(Cl)c2)c2ccccc12)C1CC1. The fraction of sp³-hybridized carbons (Fsp3) is 0.269. The zero-order valence-electron chi connectivity index (χ0n) is 18.2. The molecule has 3 aromatic rings. The summed E-state index contributed by atoms with van der Waals surface area (Å²) in [5.41, 5.74) is 4.98. The van der Waals surface area contributed by atoms with E-state index in [1.807, 2.05) is 18.2 Å². The quantitative estimate of drug-likeness (QED) is 0.351. The summed E-state index contributed by atoms with van der Waals surface area (Å²) in [5, 5.41) is 24.9. The Morgan fingerprint density at radius 3 is 2.70 bits per heavy atom. The lowest BCUT2D eigenvalue weighted by Gasteiger charge is -2.21. The molecule has 0 radical (unpaired) electrons. The summed E-state index contributed by atoms with van der Waals surface area (Å²) in [5.74, 6) is -0.486. The standard InChI is InChI=1S/C26H25ClN4O2/c27-24-16-19(8-11-25(24)32)26(33)30-29-17-20-7-6-18(22-4-1-2-5-23(20)22)12-15-31(14-3-13-28)21-9-10-21/h1-2,4-8,11,16-17,21,32H,3,9-10,12,14-15H2,(H,30,33). The first-order valence-electron chi connectivity index (χ1n) is 11.0. The number of halogens is 1. The van der Waals surface area contributed by atoms with Gasteiger partial charge in [0.15, 0.2) is 0 Å². The van der Waals surface area contributed by atoms with E-state index in [-0.39, 0.29) is 10.8 Å². The Kier molecular flexibility index (Phi) is 7.23. The van der Waals surface area contributed by atoms with Crippen molar-refractivity contribution in [2.24, 2.45) is 5.10 Å². The van der Waals surface area contributed by atoms with Gasteiger partial charge in [-0.3, -0.25) is 9.69 Å². The molecule has 0 saturated heterocycles. The first-order valence-corrected chi connectivity index (χ1v) is 11.4. The minimum absolute atomic E-state index is 0.0754. The Morgan fingerprint density at radius 1 is 1.18 bits per heavy atom. The van der Waals surface area contributed by atoms with Crippen molar-refractivity contribution in [1.29, 1.82) is 5.26 Å². The van der Waals surface area contributed by atoms with Gasteiger partial charge >= 0.3 is 0 Å². The number of nitriles is 1. The molecule has 1 aliphatic carbocycles. The van der Waals surface area contributed by atoms with Crippen LogP contribution in [-0.2, 0) is 6.42 Å². The highest BCUT2D eigenvalue weighted by atomic mass is 35.5. The largest absolute Gasteiger partial charge is 0.506 e. The van der Waals surface area contributed by atoms with Crippen LogP contribution in [0.4, 0.5) is 0 Å². The summed E-state index contributed by atoms with van der Waals surface area (Å²) in [4.78, 5) is 14.7. The molecule has 0 atom stereocenters. The summed E-state index contributed by atoms with van der Waals surface area (Å²) >= 11 is 5.87. The first-order chi connectivity index (χ1) is 16.1. The van der Waals surface area contributed by atoms with E-state index in [4.69, 9.17) is 16.9 Å². The van der Waals surface area contributed by atoms with Crippen LogP contribution < -0.4 is 5.43 Å². The van der Waals surface area contributed by atoms with Gasteiger partial charge in [0.25, 0.3) is 5.91 Å². The zero-order chi connectivity index (χ0) is 23.2. The molecule has 6 nitrogen and oxygen atoms in total. The number of rotatable bonds is 9. The lowest BCUT2D eigenvalue weighted by molar-refractivity contribution is 0.0955. The molecule has 0 bridgehead atoms. The molecular weight excluding hydrogens is 436 g/mol. The Balaban J connectivity index is 1.47. The number of phenolic OH excluding ortho intramolecular Hbond substituents is 1. The fourth-order valence-electron chi connectivity index (χ4n) is 3.96. The molecule has 0 aromatic heterocycles. The van der Waals surface area contributed by atoms with E-state index in [9.17, 15) is 9.90 Å². The molecule has 3 aromatic carbocycles. The lowest BCUT2D eigenvalue weighted by Crippen LogP contribution is -2.29. The normalized spacial score (nSPS) is 13.5. The van der Waals surface area contributed by atoms with Crippen molar-refractivity contribution in [1.82, 2.24) is 10.3 Å². The third-order valence-corrected chi connectivity index (χ3v) is 6.17. The summed E-state index contributed by atoms with van der Waals surface area (Å²) in [6.07, 6.45) is 5.57. The van der Waals surface area contributed by atoms with E-state index >= 15 is 0 Å². The molecular formula is C26H25ClN4O2. The predicted octanol–water partition coefficient (Wildman–Crippen LogP) is 4.88. The topological polar surface area (TPSA) is 88.7 Å². The third kappa shape index (κ3) is 5.70. The number of hydrazone groups is 1. The number of hydrogen-bond acceptors (Lipinski definition) is 5. The predicted molar refractivity (Wildman–Crippen MR) is 131 cm³/mol. The van der Waals surface area contributed by atoms with Gasteiger partial charge < -0.3 is 5.11 Å². The molecule has 0 aliphatic heterocycles. The van der Waals surface area contributed by atoms with Gasteiger partial charge in [0.05, 0.1) is 17.3 Å². The molecule has 0 heterocycles. The number of amides is 1. The average molecular weight is 461 g/mol. The summed E-state index contributed by atoms with van der Waals surface area (Å²) in [7, 11) is 0. The maximum absolute atomic E-state index is 12.3. The number of fused-ring (bicyclic) bond motifs is 1. The van der Waals surface area contributed by atoms with Crippen LogP contribution in [0, 0.1) is 11.3 Å². The van der Waals surface area contributed by atoms with Crippen molar-refractivity contribution in [3.63, 3.8) is 0 Å². The lowest BCUT2D eigenvalue weighted by atomic mass is 9.98. The van der Waals surface area contributed by atoms with Gasteiger partial charge in [0.2, 0.25) is 0 Å². The van der Waals surface area contributed by atoms with Crippen molar-refractivity contribution < 1.29 is 9.90 Å². The van der Waals surface area contributed by atoms with Crippen molar-refractivity contribution in [2.45, 2.75) is 31.7 Å². The van der Waals surface area contributed by atoms with Crippen LogP contribution in [0.5, 0.6) is 5.75 Å². The first kappa shape index (κ1) is 22.8. The van der Waals surface area contributed by atoms with Gasteiger partial charge in [0.1, 0.15) is 5.75 Å². The molecule has 168 valence electrons. The van der Waals surface area contributed by atoms with Crippen molar-refractivity contribution in [3.8, 4) is 11.8 Å². The fourth-order valence-corrected chi connectivity index (χ4v) is 4.14. The third-order valence-electron chi connectivity index (χ3n) is 5.87. The number of carbonyl (C=O) groups excluding carboxylic acids is 1. The van der Waals surface area contributed by atoms with Crippen LogP contribution in [0.25, 0.3) is 10.8 Å². The van der Waals surface area contributed by atoms with Gasteiger partial charge in [-0.15, -0.1) is 0 Å². The summed E-state index contributed by atoms with van der Waals surface area (Å²) in [6, 6.07) is 19.4. The minimum atomic E-state index is -0.411. The summed E-state index contributed by atoms with van der Waals surface area (Å²) < 4.78 is 0. The Bertz CT molecular complexity index is 1230. The smallest absolute Gasteiger partial charge is 0.271 e. The molecule has 7 heteroatoms. The number of benzene rings is 3. The highest BCUT2D eigenvalue weighted by molar-refractivity contribution is 6.32. The van der Waals surface area contributed by atoms with Crippen LogP contribution in [-0.4, -0.2) is 41.3 Å². The maximum atomic E-state index is 12.3. The van der Waals surface area contributed by atoms with Crippen LogP contribution >= 0.6 is 11.6 Å². The number of nitrogens with one attached hydrogen (secondary N) is 1. The van der Waals surface area contributed by atoms with E-state index in [0.717, 1.165) is 35.8 Å². The molecule has 4 rings (SSSR count). The number of carbonyl (C=O) groups is 1. The van der Waals surface area contributed by atoms with Crippen LogP contribution in [0.2, 0.25) is 5.02 Å². The monoisotopic (exact) mass is 460 g/mol. The number of hydrogen-bond donors (Lipinski definition) is 2. The van der Waals surface area contributed by atoms with Crippen molar-refractivity contribution in [2.75, 3.05) is 13.1 Å². The molecule has 0 unspecified atom stereocenters. The molecule has 1 aliphatic rings. The van der Waals surface area contributed by atoms with E-state index in [1.165, 1.54) is 36.6 Å². The van der Waals surface area contributed by atoms with E-state index in [0.29, 0.717) is 18.0 Å². The van der Waals surface area contributed by atoms with Crippen molar-refractivity contribution in [3.05, 3.63) is 76.3 Å². The minimum Gasteiger partial charge on any atom is -0.506 e. The van der Waals surface area contributed by atoms with Gasteiger partial charge in [0, 0.05) is 36.7 Å². The number of aromatic hydroxyl groups is 1. The van der Waals surface area contributed by atoms with Crippen molar-refractivity contribution >= 4 is 34.5 Å². The maximum Gasteiger partial charge on any atom is 0.271 e. The number of nitrogens with zero attached hydrogens (tertiary/aromatic N) is 3. The molecule has 33 heavy (non-hydrogen) atoms. The van der Waals surface area contributed by atoms with E-state index in [2.05, 4.69) is 39.7 Å². The van der Waals surface area contributed by atoms with E-state index < -0.39 is 5.91 Å². The molecule has 1 fully saturated rings. The van der Waals surface area contributed by atoms with E-state index in [1.54, 1.807) is 6.21 Å². The molecule has 2 N–H and O–H groups in total. The highest BCUT2D eigenvalue weighted by Gasteiger charge is 2.28. The Labute approximate surface area is 198 Å². The van der Waals surface area contributed by atoms with Gasteiger partial charge in [-0.1, -0.05) is 48.0 Å². The second-order valence-electron chi connectivity index (χ2n) is 8.15. The highest BCUT2D eigenvalue weighted by Crippen LogP contribution is 2.28. The average Bonchev–Trinajstić information content (AvgIpc) is 3.67. The van der Waals surface area contributed by atoms with Gasteiger partial charge in [-0.25, -0.2) is 5.43 Å². The zero-order valence-corrected chi connectivity index (χ0v) is 18.9. The van der Waals surface area contributed by atoms with Crippen LogP contribution in [0.3, 0.4) is 0 Å². The second kappa shape index (κ2) is 10.5. The molecule has 1 saturated carbocycles. The van der Waals surface area contributed by atoms with Crippen LogP contribution in [0.1, 0.15) is 40.7 Å². The second-order valence-corrected chi connectivity index (χ2v) is 8.56. The Morgan fingerprint density at radius 2 is 1.97 bits per heavy atom. The summed E-state index contributed by atoms with van der Waals surface area (Å²) in [6.45, 7) is 1.77. The Hall–Kier alpha value is -3.40. The molecule has 1 amide bonds. The molecule has 0 spiro atoms. The van der Waals surface area contributed by atoms with Crippen LogP contribution in [0.15, 0.2) is 59.7 Å².